The average Bonchev–Trinajstić information content (AvgIpc) is 2.70. The predicted octanol–water partition coefficient (Wildman–Crippen LogP) is 4.07. The molecule has 3 aromatic carbocycles. The van der Waals surface area contributed by atoms with Crippen LogP contribution in [0.5, 0.6) is 0 Å². The van der Waals surface area contributed by atoms with Crippen LogP contribution in [0.3, 0.4) is 0 Å². The number of aryl methyl sites for hydroxylation is 1. The van der Waals surface area contributed by atoms with Gasteiger partial charge in [-0.1, -0.05) is 42.0 Å². The van der Waals surface area contributed by atoms with E-state index in [2.05, 4.69) is 5.32 Å². The molecule has 0 unspecified atom stereocenters. The zero-order valence-electron chi connectivity index (χ0n) is 15.1. The molecule has 0 aromatic heterocycles. The summed E-state index contributed by atoms with van der Waals surface area (Å²) in [6.45, 7) is 1.97. The second kappa shape index (κ2) is 7.63. The predicted molar refractivity (Wildman–Crippen MR) is 108 cm³/mol. The van der Waals surface area contributed by atoms with Gasteiger partial charge in [0.1, 0.15) is 0 Å². The summed E-state index contributed by atoms with van der Waals surface area (Å²) < 4.78 is 26.7. The highest BCUT2D eigenvalue weighted by molar-refractivity contribution is 7.92. The van der Waals surface area contributed by atoms with Gasteiger partial charge in [-0.2, -0.15) is 0 Å². The number of nitrogens with zero attached hydrogens (tertiary/aromatic N) is 1. The average molecular weight is 380 g/mol. The Bertz CT molecular complexity index is 1050. The fourth-order valence-electron chi connectivity index (χ4n) is 2.57. The van der Waals surface area contributed by atoms with E-state index in [1.165, 1.54) is 11.4 Å². The smallest absolute Gasteiger partial charge is 0.264 e. The number of benzene rings is 3. The van der Waals surface area contributed by atoms with Crippen LogP contribution in [0.15, 0.2) is 83.8 Å². The molecule has 1 amide bonds. The zero-order valence-corrected chi connectivity index (χ0v) is 15.9. The van der Waals surface area contributed by atoms with Crippen LogP contribution in [0.1, 0.15) is 15.9 Å². The van der Waals surface area contributed by atoms with E-state index in [0.717, 1.165) is 5.56 Å². The van der Waals surface area contributed by atoms with Crippen LogP contribution >= 0.6 is 0 Å². The molecular formula is C21H20N2O3S. The van der Waals surface area contributed by atoms with E-state index < -0.39 is 10.0 Å². The number of hydrogen-bond donors (Lipinski definition) is 1. The maximum Gasteiger partial charge on any atom is 0.264 e. The fraction of sp³-hybridized carbons (Fsp3) is 0.0952. The van der Waals surface area contributed by atoms with Crippen molar-refractivity contribution in [3.05, 3.63) is 90.0 Å². The summed E-state index contributed by atoms with van der Waals surface area (Å²) in [7, 11) is -2.22. The Hall–Kier alpha value is -3.12. The lowest BCUT2D eigenvalue weighted by Gasteiger charge is -2.20. The second-order valence-electron chi connectivity index (χ2n) is 6.16. The molecule has 0 saturated carbocycles. The van der Waals surface area contributed by atoms with Crippen LogP contribution in [0.2, 0.25) is 0 Å². The van der Waals surface area contributed by atoms with E-state index in [1.807, 2.05) is 31.2 Å². The lowest BCUT2D eigenvalue weighted by Crippen LogP contribution is -2.26. The lowest BCUT2D eigenvalue weighted by molar-refractivity contribution is 0.102. The van der Waals surface area contributed by atoms with Crippen LogP contribution in [0.25, 0.3) is 0 Å². The van der Waals surface area contributed by atoms with E-state index in [0.29, 0.717) is 16.9 Å². The van der Waals surface area contributed by atoms with Crippen molar-refractivity contribution in [1.29, 1.82) is 0 Å². The molecule has 0 saturated heterocycles. The quantitative estimate of drug-likeness (QED) is 0.725. The van der Waals surface area contributed by atoms with Crippen molar-refractivity contribution in [2.24, 2.45) is 0 Å². The lowest BCUT2D eigenvalue weighted by atomic mass is 10.1. The van der Waals surface area contributed by atoms with Gasteiger partial charge in [0.2, 0.25) is 0 Å². The normalized spacial score (nSPS) is 11.0. The summed E-state index contributed by atoms with van der Waals surface area (Å²) >= 11 is 0. The Labute approximate surface area is 159 Å². The number of rotatable bonds is 5. The van der Waals surface area contributed by atoms with Gasteiger partial charge in [-0.05, 0) is 49.4 Å². The molecule has 0 fully saturated rings. The third kappa shape index (κ3) is 4.17. The number of carbonyl (C=O) groups excluding carboxylic acids is 1. The highest BCUT2D eigenvalue weighted by atomic mass is 32.2. The van der Waals surface area contributed by atoms with E-state index in [4.69, 9.17) is 0 Å². The third-order valence-corrected chi connectivity index (χ3v) is 5.98. The Kier molecular flexibility index (Phi) is 5.28. The topological polar surface area (TPSA) is 66.5 Å². The molecule has 3 aromatic rings. The number of nitrogens with one attached hydrogen (secondary N) is 1. The van der Waals surface area contributed by atoms with Gasteiger partial charge in [0.25, 0.3) is 15.9 Å². The first-order valence-corrected chi connectivity index (χ1v) is 9.84. The molecule has 3 rings (SSSR count). The summed E-state index contributed by atoms with van der Waals surface area (Å²) in [5.41, 5.74) is 2.57. The van der Waals surface area contributed by atoms with Crippen molar-refractivity contribution in [2.45, 2.75) is 11.8 Å². The summed E-state index contributed by atoms with van der Waals surface area (Å²) in [5.74, 6) is -0.300. The van der Waals surface area contributed by atoms with Gasteiger partial charge in [0.15, 0.2) is 0 Å². The van der Waals surface area contributed by atoms with Gasteiger partial charge in [0, 0.05) is 18.3 Å². The Morgan fingerprint density at radius 1 is 0.889 bits per heavy atom. The van der Waals surface area contributed by atoms with Gasteiger partial charge in [0.05, 0.1) is 10.6 Å². The minimum absolute atomic E-state index is 0.196. The van der Waals surface area contributed by atoms with E-state index in [-0.39, 0.29) is 10.8 Å². The van der Waals surface area contributed by atoms with Gasteiger partial charge < -0.3 is 5.32 Å². The van der Waals surface area contributed by atoms with Gasteiger partial charge >= 0.3 is 0 Å². The van der Waals surface area contributed by atoms with Crippen molar-refractivity contribution < 1.29 is 13.2 Å². The minimum atomic E-state index is -3.70. The fourth-order valence-corrected chi connectivity index (χ4v) is 3.78. The van der Waals surface area contributed by atoms with Crippen molar-refractivity contribution in [3.8, 4) is 0 Å². The van der Waals surface area contributed by atoms with Crippen molar-refractivity contribution in [2.75, 3.05) is 16.7 Å². The third-order valence-electron chi connectivity index (χ3n) is 4.18. The van der Waals surface area contributed by atoms with Crippen molar-refractivity contribution >= 4 is 27.3 Å². The highest BCUT2D eigenvalue weighted by Gasteiger charge is 2.21. The van der Waals surface area contributed by atoms with Crippen LogP contribution < -0.4 is 9.62 Å². The molecule has 138 valence electrons. The van der Waals surface area contributed by atoms with Crippen LogP contribution in [0.4, 0.5) is 11.4 Å². The van der Waals surface area contributed by atoms with Crippen LogP contribution in [-0.2, 0) is 10.0 Å². The van der Waals surface area contributed by atoms with Crippen LogP contribution in [-0.4, -0.2) is 21.4 Å². The SMILES string of the molecule is Cc1ccc(NC(=O)c2cccc(N(C)S(=O)(=O)c3ccccc3)c2)cc1. The summed E-state index contributed by atoms with van der Waals surface area (Å²) in [6.07, 6.45) is 0. The molecule has 27 heavy (non-hydrogen) atoms. The number of sulfonamides is 1. The molecule has 1 N–H and O–H groups in total. The molecule has 0 bridgehead atoms. The highest BCUT2D eigenvalue weighted by Crippen LogP contribution is 2.23. The number of amides is 1. The summed E-state index contributed by atoms with van der Waals surface area (Å²) in [4.78, 5) is 12.7. The first-order valence-electron chi connectivity index (χ1n) is 8.40. The molecule has 0 atom stereocenters. The molecule has 0 heterocycles. The van der Waals surface area contributed by atoms with E-state index in [1.54, 1.807) is 54.6 Å². The first-order chi connectivity index (χ1) is 12.9. The van der Waals surface area contributed by atoms with E-state index >= 15 is 0 Å². The van der Waals surface area contributed by atoms with Gasteiger partial charge in [-0.25, -0.2) is 8.42 Å². The second-order valence-corrected chi connectivity index (χ2v) is 8.13. The maximum absolute atomic E-state index is 12.8. The van der Waals surface area contributed by atoms with E-state index in [9.17, 15) is 13.2 Å². The maximum atomic E-state index is 12.8. The Morgan fingerprint density at radius 3 is 2.22 bits per heavy atom. The Morgan fingerprint density at radius 2 is 1.56 bits per heavy atom. The minimum Gasteiger partial charge on any atom is -0.322 e. The van der Waals surface area contributed by atoms with Crippen molar-refractivity contribution in [3.63, 3.8) is 0 Å². The number of anilines is 2. The largest absolute Gasteiger partial charge is 0.322 e. The standard InChI is InChI=1S/C21H20N2O3S/c1-16-11-13-18(14-12-16)22-21(24)17-7-6-8-19(15-17)23(2)27(25,26)20-9-4-3-5-10-20/h3-15H,1-2H3,(H,22,24). The van der Waals surface area contributed by atoms with Gasteiger partial charge in [-0.3, -0.25) is 9.10 Å². The summed E-state index contributed by atoms with van der Waals surface area (Å²) in [5, 5.41) is 2.82. The van der Waals surface area contributed by atoms with Gasteiger partial charge in [-0.15, -0.1) is 0 Å². The molecule has 6 heteroatoms. The van der Waals surface area contributed by atoms with Crippen LogP contribution in [0, 0.1) is 6.92 Å². The number of carbonyl (C=O) groups is 1. The Balaban J connectivity index is 1.84. The summed E-state index contributed by atoms with van der Waals surface area (Å²) in [6, 6.07) is 22.2. The molecule has 0 aliphatic heterocycles. The molecule has 0 aliphatic carbocycles. The first kappa shape index (κ1) is 18.7. The zero-order chi connectivity index (χ0) is 19.4. The molecule has 0 aliphatic rings. The molecule has 0 spiro atoms. The molecular weight excluding hydrogens is 360 g/mol. The molecule has 5 nitrogen and oxygen atoms in total. The number of hydrogen-bond acceptors (Lipinski definition) is 3. The van der Waals surface area contributed by atoms with Crippen molar-refractivity contribution in [1.82, 2.24) is 0 Å². The molecule has 0 radical (unpaired) electrons. The monoisotopic (exact) mass is 380 g/mol.